The van der Waals surface area contributed by atoms with Gasteiger partial charge in [-0.2, -0.15) is 5.10 Å². The van der Waals surface area contributed by atoms with Crippen molar-refractivity contribution < 1.29 is 4.79 Å². The maximum absolute atomic E-state index is 12.3. The van der Waals surface area contributed by atoms with Crippen molar-refractivity contribution in [3.05, 3.63) is 51.3 Å². The van der Waals surface area contributed by atoms with Gasteiger partial charge < -0.3 is 5.32 Å². The number of benzene rings is 1. The Morgan fingerprint density at radius 1 is 1.26 bits per heavy atom. The summed E-state index contributed by atoms with van der Waals surface area (Å²) in [5.74, 6) is 1.38. The number of amides is 1. The zero-order chi connectivity index (χ0) is 19.4. The van der Waals surface area contributed by atoms with E-state index in [0.29, 0.717) is 24.5 Å². The molecule has 1 amide bonds. The van der Waals surface area contributed by atoms with Crippen LogP contribution in [0.4, 0.5) is 0 Å². The molecule has 2 heterocycles. The summed E-state index contributed by atoms with van der Waals surface area (Å²) in [7, 11) is 0. The summed E-state index contributed by atoms with van der Waals surface area (Å²) in [4.78, 5) is 21.2. The van der Waals surface area contributed by atoms with Crippen molar-refractivity contribution in [1.82, 2.24) is 25.1 Å². The average Bonchev–Trinajstić information content (AvgIpc) is 3.22. The number of hydrogen-bond donors (Lipinski definition) is 1. The molecular weight excluding hydrogens is 382 g/mol. The number of aryl methyl sites for hydroxylation is 2. The van der Waals surface area contributed by atoms with Gasteiger partial charge in [0, 0.05) is 28.9 Å². The Balaban J connectivity index is 1.48. The first kappa shape index (κ1) is 19.5. The van der Waals surface area contributed by atoms with Gasteiger partial charge in [-0.3, -0.25) is 4.79 Å². The van der Waals surface area contributed by atoms with Crippen molar-refractivity contribution in [3.8, 4) is 11.3 Å². The number of thiazole rings is 1. The van der Waals surface area contributed by atoms with E-state index >= 15 is 0 Å². The summed E-state index contributed by atoms with van der Waals surface area (Å²) in [5, 5.41) is 11.0. The van der Waals surface area contributed by atoms with E-state index in [1.165, 1.54) is 0 Å². The molecule has 1 unspecified atom stereocenters. The lowest BCUT2D eigenvalue weighted by molar-refractivity contribution is -0.124. The number of aromatic nitrogens is 4. The minimum Gasteiger partial charge on any atom is -0.355 e. The predicted octanol–water partition coefficient (Wildman–Crippen LogP) is 3.67. The van der Waals surface area contributed by atoms with Crippen molar-refractivity contribution >= 4 is 28.8 Å². The Kier molecular flexibility index (Phi) is 6.23. The highest BCUT2D eigenvalue weighted by atomic mass is 35.5. The second kappa shape index (κ2) is 8.63. The summed E-state index contributed by atoms with van der Waals surface area (Å²) in [6, 6.07) is 7.63. The summed E-state index contributed by atoms with van der Waals surface area (Å²) in [6.07, 6.45) is 0.707. The molecule has 8 heteroatoms. The normalized spacial score (nSPS) is 12.1. The maximum Gasteiger partial charge on any atom is 0.224 e. The van der Waals surface area contributed by atoms with Gasteiger partial charge in [0.2, 0.25) is 5.91 Å². The molecule has 0 aliphatic carbocycles. The van der Waals surface area contributed by atoms with Crippen LogP contribution in [-0.2, 0) is 17.8 Å². The van der Waals surface area contributed by atoms with Crippen LogP contribution < -0.4 is 5.32 Å². The van der Waals surface area contributed by atoms with Gasteiger partial charge in [-0.1, -0.05) is 30.7 Å². The van der Waals surface area contributed by atoms with Gasteiger partial charge in [-0.15, -0.1) is 11.3 Å². The fourth-order valence-electron chi connectivity index (χ4n) is 2.72. The Morgan fingerprint density at radius 2 is 2.00 bits per heavy atom. The number of nitrogens with zero attached hydrogens (tertiary/aromatic N) is 4. The Morgan fingerprint density at radius 3 is 2.67 bits per heavy atom. The monoisotopic (exact) mass is 403 g/mol. The van der Waals surface area contributed by atoms with Crippen molar-refractivity contribution in [1.29, 1.82) is 0 Å². The molecule has 0 saturated heterocycles. The third kappa shape index (κ3) is 5.14. The van der Waals surface area contributed by atoms with Gasteiger partial charge in [-0.05, 0) is 26.0 Å². The summed E-state index contributed by atoms with van der Waals surface area (Å²) < 4.78 is 1.78. The number of carbonyl (C=O) groups is 1. The molecule has 1 atom stereocenters. The highest BCUT2D eigenvalue weighted by molar-refractivity contribution is 7.09. The van der Waals surface area contributed by atoms with Crippen molar-refractivity contribution in [2.45, 2.75) is 33.7 Å². The van der Waals surface area contributed by atoms with E-state index in [0.717, 1.165) is 27.9 Å². The zero-order valence-electron chi connectivity index (χ0n) is 15.6. The lowest BCUT2D eigenvalue weighted by Crippen LogP contribution is -2.33. The van der Waals surface area contributed by atoms with Crippen LogP contribution in [0.25, 0.3) is 11.3 Å². The fraction of sp³-hybridized carbons (Fsp3) is 0.368. The topological polar surface area (TPSA) is 72.7 Å². The van der Waals surface area contributed by atoms with E-state index in [2.05, 4.69) is 20.4 Å². The lowest BCUT2D eigenvalue weighted by atomic mass is 10.1. The van der Waals surface area contributed by atoms with E-state index < -0.39 is 0 Å². The van der Waals surface area contributed by atoms with Crippen LogP contribution in [-0.4, -0.2) is 32.2 Å². The lowest BCUT2D eigenvalue weighted by Gasteiger charge is -2.12. The van der Waals surface area contributed by atoms with Crippen LogP contribution in [0.15, 0.2) is 29.6 Å². The highest BCUT2D eigenvalue weighted by Crippen LogP contribution is 2.23. The van der Waals surface area contributed by atoms with Crippen LogP contribution >= 0.6 is 22.9 Å². The van der Waals surface area contributed by atoms with Crippen LogP contribution in [0, 0.1) is 19.8 Å². The molecule has 6 nitrogen and oxygen atoms in total. The largest absolute Gasteiger partial charge is 0.355 e. The molecule has 3 aromatic rings. The highest BCUT2D eigenvalue weighted by Gasteiger charge is 2.15. The Hall–Kier alpha value is -2.25. The molecule has 0 spiro atoms. The average molecular weight is 404 g/mol. The molecular formula is C19H22ClN5OS. The molecule has 0 aliphatic heterocycles. The molecule has 1 N–H and O–H groups in total. The van der Waals surface area contributed by atoms with Crippen molar-refractivity contribution in [2.24, 2.45) is 5.92 Å². The van der Waals surface area contributed by atoms with Crippen molar-refractivity contribution in [2.75, 3.05) is 6.54 Å². The van der Waals surface area contributed by atoms with E-state index in [-0.39, 0.29) is 11.8 Å². The van der Waals surface area contributed by atoms with Gasteiger partial charge in [0.15, 0.2) is 0 Å². The third-order valence-electron chi connectivity index (χ3n) is 4.19. The van der Waals surface area contributed by atoms with E-state index in [1.807, 2.05) is 50.4 Å². The molecule has 142 valence electrons. The number of rotatable bonds is 7. The first-order chi connectivity index (χ1) is 12.9. The molecule has 0 saturated carbocycles. The van der Waals surface area contributed by atoms with Gasteiger partial charge in [-0.25, -0.2) is 14.6 Å². The van der Waals surface area contributed by atoms with Gasteiger partial charge in [0.1, 0.15) is 11.6 Å². The van der Waals surface area contributed by atoms with E-state index in [9.17, 15) is 4.79 Å². The molecule has 0 aliphatic rings. The van der Waals surface area contributed by atoms with Crippen LogP contribution in [0.1, 0.15) is 23.6 Å². The Bertz CT molecular complexity index is 919. The molecule has 0 radical (unpaired) electrons. The first-order valence-corrected chi connectivity index (χ1v) is 10.0. The standard InChI is InChI=1S/C19H22ClN5OS/c1-12(10-25-14(3)22-13(2)24-25)19(26)21-9-8-18-23-17(11-27-18)15-4-6-16(20)7-5-15/h4-7,11-12H,8-10H2,1-3H3,(H,21,26). The summed E-state index contributed by atoms with van der Waals surface area (Å²) >= 11 is 7.52. The third-order valence-corrected chi connectivity index (χ3v) is 5.35. The molecule has 27 heavy (non-hydrogen) atoms. The molecule has 3 rings (SSSR count). The second-order valence-corrected chi connectivity index (χ2v) is 7.84. The molecule has 2 aromatic heterocycles. The minimum atomic E-state index is -0.175. The second-order valence-electron chi connectivity index (χ2n) is 6.46. The van der Waals surface area contributed by atoms with E-state index in [4.69, 9.17) is 11.6 Å². The van der Waals surface area contributed by atoms with Gasteiger partial charge in [0.05, 0.1) is 23.2 Å². The first-order valence-electron chi connectivity index (χ1n) is 8.78. The number of hydrogen-bond acceptors (Lipinski definition) is 5. The maximum atomic E-state index is 12.3. The van der Waals surface area contributed by atoms with Gasteiger partial charge >= 0.3 is 0 Å². The molecule has 0 fully saturated rings. The fourth-order valence-corrected chi connectivity index (χ4v) is 3.66. The molecule has 1 aromatic carbocycles. The van der Waals surface area contributed by atoms with Crippen molar-refractivity contribution in [3.63, 3.8) is 0 Å². The summed E-state index contributed by atoms with van der Waals surface area (Å²) in [6.45, 7) is 6.72. The van der Waals surface area contributed by atoms with Crippen LogP contribution in [0.2, 0.25) is 5.02 Å². The van der Waals surface area contributed by atoms with Gasteiger partial charge in [0.25, 0.3) is 0 Å². The summed E-state index contributed by atoms with van der Waals surface area (Å²) in [5.41, 5.74) is 1.97. The number of carbonyl (C=O) groups excluding carboxylic acids is 1. The number of halogens is 1. The van der Waals surface area contributed by atoms with Crippen LogP contribution in [0.3, 0.4) is 0 Å². The minimum absolute atomic E-state index is 0.0111. The smallest absolute Gasteiger partial charge is 0.224 e. The quantitative estimate of drug-likeness (QED) is 0.653. The Labute approximate surface area is 167 Å². The van der Waals surface area contributed by atoms with Crippen LogP contribution in [0.5, 0.6) is 0 Å². The predicted molar refractivity (Wildman–Crippen MR) is 108 cm³/mol. The number of nitrogens with one attached hydrogen (secondary N) is 1. The molecule has 0 bridgehead atoms. The SMILES string of the molecule is Cc1nc(C)n(CC(C)C(=O)NCCc2nc(-c3ccc(Cl)cc3)cs2)n1. The van der Waals surface area contributed by atoms with E-state index in [1.54, 1.807) is 16.0 Å². The zero-order valence-corrected chi connectivity index (χ0v) is 17.1.